The van der Waals surface area contributed by atoms with E-state index >= 15 is 0 Å². The van der Waals surface area contributed by atoms with Gasteiger partial charge in [0, 0.05) is 6.08 Å². The summed E-state index contributed by atoms with van der Waals surface area (Å²) in [6.45, 7) is 0. The summed E-state index contributed by atoms with van der Waals surface area (Å²) < 4.78 is 0. The van der Waals surface area contributed by atoms with Gasteiger partial charge in [0.15, 0.2) is 0 Å². The van der Waals surface area contributed by atoms with E-state index < -0.39 is 17.7 Å². The quantitative estimate of drug-likeness (QED) is 0.363. The van der Waals surface area contributed by atoms with Gasteiger partial charge in [0.05, 0.1) is 5.70 Å². The van der Waals surface area contributed by atoms with Gasteiger partial charge in [-0.3, -0.25) is 20.3 Å². The molecule has 62 valence electrons. The van der Waals surface area contributed by atoms with Crippen molar-refractivity contribution in [1.29, 1.82) is 0 Å². The van der Waals surface area contributed by atoms with Crippen molar-refractivity contribution in [2.45, 2.75) is 0 Å². The molecule has 0 aromatic carbocycles. The maximum atomic E-state index is 11.1. The van der Waals surface area contributed by atoms with Crippen molar-refractivity contribution in [2.24, 2.45) is 16.8 Å². The molecule has 2 heterocycles. The molecule has 2 aliphatic rings. The first kappa shape index (κ1) is 6.84. The molecule has 6 heteroatoms. The van der Waals surface area contributed by atoms with Crippen molar-refractivity contribution < 1.29 is 9.59 Å². The van der Waals surface area contributed by atoms with E-state index in [1.165, 1.54) is 6.08 Å². The van der Waals surface area contributed by atoms with Gasteiger partial charge in [-0.15, -0.1) is 0 Å². The van der Waals surface area contributed by atoms with E-state index in [9.17, 15) is 9.59 Å². The molecule has 0 spiro atoms. The molecule has 0 fully saturated rings. The van der Waals surface area contributed by atoms with Gasteiger partial charge >= 0.3 is 0 Å². The fourth-order valence-electron chi connectivity index (χ4n) is 1.18. The second-order valence-corrected chi connectivity index (χ2v) is 2.53. The Bertz CT molecular complexity index is 330. The third-order valence-corrected chi connectivity index (χ3v) is 1.72. The van der Waals surface area contributed by atoms with E-state index in [-0.39, 0.29) is 5.84 Å². The number of nitrogens with one attached hydrogen (secondary N) is 2. The normalized spacial score (nSPS) is 26.8. The number of amides is 2. The van der Waals surface area contributed by atoms with Crippen LogP contribution >= 0.6 is 0 Å². The SMILES string of the molecule is NC1=NNC2=CC(=O)NC(=O)C21. The highest BCUT2D eigenvalue weighted by molar-refractivity contribution is 6.16. The van der Waals surface area contributed by atoms with Crippen LogP contribution in [-0.2, 0) is 9.59 Å². The van der Waals surface area contributed by atoms with Crippen LogP contribution in [0.25, 0.3) is 0 Å². The molecule has 12 heavy (non-hydrogen) atoms. The van der Waals surface area contributed by atoms with Gasteiger partial charge < -0.3 is 5.73 Å². The minimum Gasteiger partial charge on any atom is -0.385 e. The Morgan fingerprint density at radius 2 is 2.25 bits per heavy atom. The number of imide groups is 1. The first-order valence-electron chi connectivity index (χ1n) is 3.34. The number of hydrogen-bond acceptors (Lipinski definition) is 5. The number of carbonyl (C=O) groups excluding carboxylic acids is 2. The van der Waals surface area contributed by atoms with Crippen molar-refractivity contribution in [1.82, 2.24) is 10.7 Å². The third kappa shape index (κ3) is 0.777. The summed E-state index contributed by atoms with van der Waals surface area (Å²) >= 11 is 0. The van der Waals surface area contributed by atoms with Gasteiger partial charge in [0.25, 0.3) is 5.91 Å². The fraction of sp³-hybridized carbons (Fsp3) is 0.167. The molecule has 2 rings (SSSR count). The highest BCUT2D eigenvalue weighted by atomic mass is 16.2. The minimum absolute atomic E-state index is 0.186. The number of amidine groups is 1. The number of rotatable bonds is 0. The molecular formula is C6H6N4O2. The lowest BCUT2D eigenvalue weighted by Gasteiger charge is -2.14. The van der Waals surface area contributed by atoms with E-state index in [1.807, 2.05) is 0 Å². The largest absolute Gasteiger partial charge is 0.385 e. The summed E-state index contributed by atoms with van der Waals surface area (Å²) in [6, 6.07) is 0. The number of hydrogen-bond donors (Lipinski definition) is 3. The summed E-state index contributed by atoms with van der Waals surface area (Å²) in [5, 5.41) is 5.75. The van der Waals surface area contributed by atoms with Crippen LogP contribution in [0.1, 0.15) is 0 Å². The van der Waals surface area contributed by atoms with Crippen LogP contribution < -0.4 is 16.5 Å². The minimum atomic E-state index is -0.609. The van der Waals surface area contributed by atoms with Crippen LogP contribution in [0.4, 0.5) is 0 Å². The summed E-state index contributed by atoms with van der Waals surface area (Å²) in [5.74, 6) is -1.29. The van der Waals surface area contributed by atoms with Gasteiger partial charge in [0.2, 0.25) is 5.91 Å². The van der Waals surface area contributed by atoms with E-state index in [4.69, 9.17) is 5.73 Å². The highest BCUT2D eigenvalue weighted by Crippen LogP contribution is 2.17. The molecule has 0 saturated carbocycles. The summed E-state index contributed by atoms with van der Waals surface area (Å²) in [5.41, 5.74) is 8.36. The van der Waals surface area contributed by atoms with Crippen LogP contribution in [0.2, 0.25) is 0 Å². The molecule has 6 nitrogen and oxygen atoms in total. The zero-order valence-corrected chi connectivity index (χ0v) is 6.00. The lowest BCUT2D eigenvalue weighted by atomic mass is 10.0. The lowest BCUT2D eigenvalue weighted by Crippen LogP contribution is -2.44. The Balaban J connectivity index is 2.42. The van der Waals surface area contributed by atoms with Gasteiger partial charge in [-0.2, -0.15) is 5.10 Å². The smallest absolute Gasteiger partial charge is 0.252 e. The molecule has 0 aromatic heterocycles. The average Bonchev–Trinajstić information content (AvgIpc) is 2.31. The molecule has 0 aromatic rings. The monoisotopic (exact) mass is 166 g/mol. The van der Waals surface area contributed by atoms with E-state index in [1.54, 1.807) is 0 Å². The van der Waals surface area contributed by atoms with Crippen LogP contribution in [0.15, 0.2) is 16.9 Å². The van der Waals surface area contributed by atoms with Crippen LogP contribution in [-0.4, -0.2) is 17.6 Å². The second kappa shape index (κ2) is 2.07. The Kier molecular flexibility index (Phi) is 1.18. The maximum absolute atomic E-state index is 11.1. The van der Waals surface area contributed by atoms with Crippen LogP contribution in [0.3, 0.4) is 0 Å². The molecule has 1 atom stereocenters. The first-order valence-corrected chi connectivity index (χ1v) is 3.34. The fourth-order valence-corrected chi connectivity index (χ4v) is 1.18. The molecule has 1 unspecified atom stereocenters. The Morgan fingerprint density at radius 3 is 3.00 bits per heavy atom. The molecule has 0 radical (unpaired) electrons. The van der Waals surface area contributed by atoms with Crippen molar-refractivity contribution in [3.05, 3.63) is 11.8 Å². The van der Waals surface area contributed by atoms with E-state index in [0.717, 1.165) is 0 Å². The number of nitrogens with zero attached hydrogens (tertiary/aromatic N) is 1. The maximum Gasteiger partial charge on any atom is 0.252 e. The average molecular weight is 166 g/mol. The predicted molar refractivity (Wildman–Crippen MR) is 39.5 cm³/mol. The zero-order valence-electron chi connectivity index (χ0n) is 6.00. The highest BCUT2D eigenvalue weighted by Gasteiger charge is 2.35. The molecule has 2 amide bonds. The predicted octanol–water partition coefficient (Wildman–Crippen LogP) is -1.98. The Labute approximate surface area is 67.5 Å². The standard InChI is InChI=1S/C6H6N4O2/c7-5-4-2(9-10-5)1-3(11)8-6(4)12/h1,4,9H,(H2,7,10)(H,8,11,12). The number of carbonyl (C=O) groups is 2. The van der Waals surface area contributed by atoms with Crippen molar-refractivity contribution in [3.8, 4) is 0 Å². The van der Waals surface area contributed by atoms with Crippen LogP contribution in [0, 0.1) is 5.92 Å². The Hall–Kier alpha value is -1.85. The molecule has 2 aliphatic heterocycles. The zero-order chi connectivity index (χ0) is 8.72. The molecule has 0 bridgehead atoms. The topological polar surface area (TPSA) is 96.6 Å². The molecule has 4 N–H and O–H groups in total. The molecular weight excluding hydrogens is 160 g/mol. The van der Waals surface area contributed by atoms with Crippen molar-refractivity contribution >= 4 is 17.6 Å². The summed E-state index contributed by atoms with van der Waals surface area (Å²) in [7, 11) is 0. The molecule has 0 aliphatic carbocycles. The van der Waals surface area contributed by atoms with E-state index in [0.29, 0.717) is 5.70 Å². The summed E-state index contributed by atoms with van der Waals surface area (Å²) in [6.07, 6.45) is 1.27. The van der Waals surface area contributed by atoms with E-state index in [2.05, 4.69) is 15.8 Å². The lowest BCUT2D eigenvalue weighted by molar-refractivity contribution is -0.129. The first-order chi connectivity index (χ1) is 5.68. The van der Waals surface area contributed by atoms with Crippen molar-refractivity contribution in [3.63, 3.8) is 0 Å². The van der Waals surface area contributed by atoms with Crippen LogP contribution in [0.5, 0.6) is 0 Å². The third-order valence-electron chi connectivity index (χ3n) is 1.72. The molecule has 0 saturated heterocycles. The van der Waals surface area contributed by atoms with Gasteiger partial charge in [-0.05, 0) is 0 Å². The number of hydrazone groups is 1. The van der Waals surface area contributed by atoms with Gasteiger partial charge in [-0.1, -0.05) is 0 Å². The number of nitrogens with two attached hydrogens (primary N) is 1. The summed E-state index contributed by atoms with van der Waals surface area (Å²) in [4.78, 5) is 21.9. The number of fused-ring (bicyclic) bond motifs is 1. The second-order valence-electron chi connectivity index (χ2n) is 2.53. The Morgan fingerprint density at radius 1 is 1.50 bits per heavy atom. The van der Waals surface area contributed by atoms with Gasteiger partial charge in [-0.25, -0.2) is 0 Å². The van der Waals surface area contributed by atoms with Crippen molar-refractivity contribution in [2.75, 3.05) is 0 Å². The van der Waals surface area contributed by atoms with Gasteiger partial charge in [0.1, 0.15) is 11.8 Å².